The Morgan fingerprint density at radius 1 is 1.15 bits per heavy atom. The predicted octanol–water partition coefficient (Wildman–Crippen LogP) is 4.24. The van der Waals surface area contributed by atoms with E-state index in [1.54, 1.807) is 25.1 Å². The molecule has 1 aromatic heterocycles. The maximum absolute atomic E-state index is 13.1. The van der Waals surface area contributed by atoms with Gasteiger partial charge in [-0.25, -0.2) is 13.5 Å². The van der Waals surface area contributed by atoms with E-state index in [0.29, 0.717) is 27.4 Å². The van der Waals surface area contributed by atoms with E-state index in [9.17, 15) is 13.6 Å². The lowest BCUT2D eigenvalue weighted by molar-refractivity contribution is -0.118. The van der Waals surface area contributed by atoms with Crippen molar-refractivity contribution in [3.8, 4) is 11.4 Å². The highest BCUT2D eigenvalue weighted by molar-refractivity contribution is 9.10. The molecule has 0 aliphatic heterocycles. The molecule has 0 spiro atoms. The minimum absolute atomic E-state index is 0.266. The second-order valence-electron chi connectivity index (χ2n) is 5.47. The van der Waals surface area contributed by atoms with Gasteiger partial charge in [0.25, 0.3) is 5.91 Å². The van der Waals surface area contributed by atoms with Crippen molar-refractivity contribution in [3.63, 3.8) is 0 Å². The molecule has 0 unspecified atom stereocenters. The molecule has 134 valence electrons. The number of aromatic nitrogens is 2. The number of ether oxygens (including phenoxy) is 1. The molecule has 3 aromatic rings. The van der Waals surface area contributed by atoms with Crippen molar-refractivity contribution >= 4 is 27.7 Å². The van der Waals surface area contributed by atoms with Gasteiger partial charge in [-0.1, -0.05) is 0 Å². The van der Waals surface area contributed by atoms with Gasteiger partial charge in [-0.3, -0.25) is 4.79 Å². The zero-order valence-corrected chi connectivity index (χ0v) is 15.3. The Kier molecular flexibility index (Phi) is 5.32. The van der Waals surface area contributed by atoms with Crippen molar-refractivity contribution in [2.75, 3.05) is 11.9 Å². The molecule has 26 heavy (non-hydrogen) atoms. The van der Waals surface area contributed by atoms with Crippen LogP contribution >= 0.6 is 15.9 Å². The lowest BCUT2D eigenvalue weighted by Crippen LogP contribution is -2.22. The van der Waals surface area contributed by atoms with Crippen LogP contribution in [0.3, 0.4) is 0 Å². The Hall–Kier alpha value is -2.74. The van der Waals surface area contributed by atoms with Gasteiger partial charge in [0.15, 0.2) is 6.61 Å². The average Bonchev–Trinajstić information content (AvgIpc) is 2.95. The molecule has 0 radical (unpaired) electrons. The third-order valence-corrected chi connectivity index (χ3v) is 4.04. The fraction of sp³-hybridized carbons (Fsp3) is 0.111. The summed E-state index contributed by atoms with van der Waals surface area (Å²) in [5.41, 5.74) is 1.30. The molecule has 2 aromatic carbocycles. The summed E-state index contributed by atoms with van der Waals surface area (Å²) in [5, 5.41) is 6.99. The molecule has 1 heterocycles. The Morgan fingerprint density at radius 2 is 1.85 bits per heavy atom. The summed E-state index contributed by atoms with van der Waals surface area (Å²) in [6.07, 6.45) is 0. The van der Waals surface area contributed by atoms with E-state index in [2.05, 4.69) is 26.3 Å². The van der Waals surface area contributed by atoms with E-state index in [1.807, 2.05) is 0 Å². The average molecular weight is 422 g/mol. The third-order valence-electron chi connectivity index (χ3n) is 3.42. The van der Waals surface area contributed by atoms with Crippen LogP contribution in [0.4, 0.5) is 14.6 Å². The van der Waals surface area contributed by atoms with Gasteiger partial charge in [-0.15, -0.1) is 0 Å². The highest BCUT2D eigenvalue weighted by atomic mass is 79.9. The molecular weight excluding hydrogens is 408 g/mol. The maximum Gasteiger partial charge on any atom is 0.263 e. The molecule has 8 heteroatoms. The number of aryl methyl sites for hydroxylation is 1. The van der Waals surface area contributed by atoms with Crippen LogP contribution in [-0.4, -0.2) is 22.3 Å². The SMILES string of the molecule is Cc1cc(NC(=O)COc2ccc(F)cc2Br)n(-c2ccc(F)cc2)n1. The molecule has 5 nitrogen and oxygen atoms in total. The highest BCUT2D eigenvalue weighted by Gasteiger charge is 2.12. The second kappa shape index (κ2) is 7.65. The Labute approximate surface area is 156 Å². The Balaban J connectivity index is 1.70. The number of amides is 1. The van der Waals surface area contributed by atoms with Gasteiger partial charge in [-0.05, 0) is 65.3 Å². The maximum atomic E-state index is 13.1. The fourth-order valence-corrected chi connectivity index (χ4v) is 2.75. The largest absolute Gasteiger partial charge is 0.483 e. The molecule has 1 amide bonds. The third kappa shape index (κ3) is 4.26. The number of anilines is 1. The minimum atomic E-state index is -0.413. The van der Waals surface area contributed by atoms with Gasteiger partial charge in [0.05, 0.1) is 15.9 Å². The van der Waals surface area contributed by atoms with Gasteiger partial charge in [0.1, 0.15) is 23.2 Å². The van der Waals surface area contributed by atoms with Crippen LogP contribution in [0.25, 0.3) is 5.69 Å². The Morgan fingerprint density at radius 3 is 2.54 bits per heavy atom. The molecule has 0 atom stereocenters. The number of halogens is 3. The van der Waals surface area contributed by atoms with Crippen LogP contribution in [0.2, 0.25) is 0 Å². The zero-order chi connectivity index (χ0) is 18.7. The fourth-order valence-electron chi connectivity index (χ4n) is 2.28. The normalized spacial score (nSPS) is 10.6. The molecular formula is C18H14BrF2N3O2. The van der Waals surface area contributed by atoms with Crippen LogP contribution in [0, 0.1) is 18.6 Å². The lowest BCUT2D eigenvalue weighted by atomic mass is 10.3. The number of benzene rings is 2. The number of nitrogens with zero attached hydrogens (tertiary/aromatic N) is 2. The number of hydrogen-bond acceptors (Lipinski definition) is 3. The standard InChI is InChI=1S/C18H14BrF2N3O2/c1-11-8-17(24(23-11)14-5-2-12(20)3-6-14)22-18(25)10-26-16-7-4-13(21)9-15(16)19/h2-9H,10H2,1H3,(H,22,25). The lowest BCUT2D eigenvalue weighted by Gasteiger charge is -2.10. The summed E-state index contributed by atoms with van der Waals surface area (Å²) in [6.45, 7) is 1.51. The van der Waals surface area contributed by atoms with Crippen LogP contribution in [0.15, 0.2) is 53.0 Å². The smallest absolute Gasteiger partial charge is 0.263 e. The van der Waals surface area contributed by atoms with Crippen molar-refractivity contribution in [2.45, 2.75) is 6.92 Å². The van der Waals surface area contributed by atoms with E-state index in [-0.39, 0.29) is 12.4 Å². The number of carbonyl (C=O) groups excluding carboxylic acids is 1. The van der Waals surface area contributed by atoms with Gasteiger partial charge in [-0.2, -0.15) is 5.10 Å². The number of hydrogen-bond donors (Lipinski definition) is 1. The van der Waals surface area contributed by atoms with Crippen molar-refractivity contribution in [2.24, 2.45) is 0 Å². The minimum Gasteiger partial charge on any atom is -0.483 e. The first-order chi connectivity index (χ1) is 12.4. The monoisotopic (exact) mass is 421 g/mol. The number of rotatable bonds is 5. The van der Waals surface area contributed by atoms with E-state index < -0.39 is 11.7 Å². The summed E-state index contributed by atoms with van der Waals surface area (Å²) in [4.78, 5) is 12.2. The molecule has 0 bridgehead atoms. The van der Waals surface area contributed by atoms with Crippen LogP contribution in [0.5, 0.6) is 5.75 Å². The first-order valence-electron chi connectivity index (χ1n) is 7.62. The number of nitrogens with one attached hydrogen (secondary N) is 1. The highest BCUT2D eigenvalue weighted by Crippen LogP contribution is 2.25. The summed E-state index contributed by atoms with van der Waals surface area (Å²) in [7, 11) is 0. The first-order valence-corrected chi connectivity index (χ1v) is 8.42. The van der Waals surface area contributed by atoms with E-state index in [0.717, 1.165) is 0 Å². The molecule has 0 saturated heterocycles. The quantitative estimate of drug-likeness (QED) is 0.670. The van der Waals surface area contributed by atoms with Crippen molar-refractivity contribution in [1.82, 2.24) is 9.78 Å². The summed E-state index contributed by atoms with van der Waals surface area (Å²) < 4.78 is 33.5. The number of carbonyl (C=O) groups is 1. The Bertz CT molecular complexity index is 942. The topological polar surface area (TPSA) is 56.1 Å². The molecule has 3 rings (SSSR count). The summed E-state index contributed by atoms with van der Waals surface area (Å²) in [6, 6.07) is 11.4. The van der Waals surface area contributed by atoms with Gasteiger partial charge >= 0.3 is 0 Å². The van der Waals surface area contributed by atoms with Crippen LogP contribution < -0.4 is 10.1 Å². The van der Waals surface area contributed by atoms with E-state index >= 15 is 0 Å². The van der Waals surface area contributed by atoms with Gasteiger partial charge < -0.3 is 10.1 Å². The van der Waals surface area contributed by atoms with Crippen molar-refractivity contribution in [1.29, 1.82) is 0 Å². The molecule has 1 N–H and O–H groups in total. The van der Waals surface area contributed by atoms with Crippen LogP contribution in [0.1, 0.15) is 5.69 Å². The molecule has 0 aliphatic rings. The molecule has 0 saturated carbocycles. The first kappa shape index (κ1) is 18.1. The van der Waals surface area contributed by atoms with Gasteiger partial charge in [0.2, 0.25) is 0 Å². The second-order valence-corrected chi connectivity index (χ2v) is 6.33. The zero-order valence-electron chi connectivity index (χ0n) is 13.7. The summed E-state index contributed by atoms with van der Waals surface area (Å²) in [5.74, 6) is -0.399. The molecule has 0 aliphatic carbocycles. The van der Waals surface area contributed by atoms with Crippen molar-refractivity contribution < 1.29 is 18.3 Å². The van der Waals surface area contributed by atoms with E-state index in [4.69, 9.17) is 4.74 Å². The van der Waals surface area contributed by atoms with Crippen LogP contribution in [-0.2, 0) is 4.79 Å². The summed E-state index contributed by atoms with van der Waals surface area (Å²) >= 11 is 3.17. The van der Waals surface area contributed by atoms with Gasteiger partial charge in [0, 0.05) is 6.07 Å². The predicted molar refractivity (Wildman–Crippen MR) is 96.5 cm³/mol. The molecule has 0 fully saturated rings. The van der Waals surface area contributed by atoms with E-state index in [1.165, 1.54) is 35.0 Å². The van der Waals surface area contributed by atoms with Crippen molar-refractivity contribution in [3.05, 3.63) is 70.3 Å².